The number of nitrogens with one attached hydrogen (secondary N) is 1. The first kappa shape index (κ1) is 12.5. The van der Waals surface area contributed by atoms with Crippen LogP contribution in [0.3, 0.4) is 0 Å². The number of aromatic nitrogens is 3. The molecular formula is C16H9N3O3. The molecule has 3 aromatic heterocycles. The van der Waals surface area contributed by atoms with Crippen molar-refractivity contribution < 1.29 is 9.21 Å². The molecule has 0 radical (unpaired) electrons. The summed E-state index contributed by atoms with van der Waals surface area (Å²) in [6.07, 6.45) is 3.79. The Morgan fingerprint density at radius 2 is 2.14 bits per heavy atom. The van der Waals surface area contributed by atoms with E-state index in [0.29, 0.717) is 33.6 Å². The summed E-state index contributed by atoms with van der Waals surface area (Å²) in [6.45, 7) is 0. The van der Waals surface area contributed by atoms with E-state index in [1.165, 1.54) is 12.4 Å². The zero-order valence-electron chi connectivity index (χ0n) is 11.2. The van der Waals surface area contributed by atoms with Crippen LogP contribution in [0.1, 0.15) is 10.4 Å². The summed E-state index contributed by atoms with van der Waals surface area (Å²) in [7, 11) is 0. The van der Waals surface area contributed by atoms with Crippen molar-refractivity contribution in [3.05, 3.63) is 58.6 Å². The first-order valence-electron chi connectivity index (χ1n) is 6.58. The molecule has 3 heterocycles. The summed E-state index contributed by atoms with van der Waals surface area (Å²) in [5.74, 6) is 0.700. The smallest absolute Gasteiger partial charge is 0.259 e. The number of rotatable bonds is 2. The van der Waals surface area contributed by atoms with Crippen LogP contribution in [0.2, 0.25) is 0 Å². The molecule has 106 valence electrons. The van der Waals surface area contributed by atoms with Crippen molar-refractivity contribution in [1.29, 1.82) is 0 Å². The fraction of sp³-hybridized carbons (Fsp3) is 0. The zero-order valence-corrected chi connectivity index (χ0v) is 11.2. The van der Waals surface area contributed by atoms with E-state index in [1.54, 1.807) is 24.3 Å². The van der Waals surface area contributed by atoms with Gasteiger partial charge in [-0.2, -0.15) is 0 Å². The van der Waals surface area contributed by atoms with Crippen LogP contribution >= 0.6 is 0 Å². The number of aldehydes is 1. The Labute approximate surface area is 123 Å². The van der Waals surface area contributed by atoms with Gasteiger partial charge in [-0.3, -0.25) is 14.6 Å². The molecule has 22 heavy (non-hydrogen) atoms. The average molecular weight is 291 g/mol. The Morgan fingerprint density at radius 1 is 1.23 bits per heavy atom. The van der Waals surface area contributed by atoms with Gasteiger partial charge in [-0.15, -0.1) is 0 Å². The number of nitrogens with zero attached hydrogens (tertiary/aromatic N) is 2. The minimum atomic E-state index is -0.265. The Bertz CT molecular complexity index is 1080. The van der Waals surface area contributed by atoms with E-state index in [9.17, 15) is 9.59 Å². The van der Waals surface area contributed by atoms with Crippen LogP contribution < -0.4 is 5.56 Å². The van der Waals surface area contributed by atoms with Crippen LogP contribution in [0.4, 0.5) is 0 Å². The highest BCUT2D eigenvalue weighted by atomic mass is 16.3. The van der Waals surface area contributed by atoms with Crippen molar-refractivity contribution in [2.75, 3.05) is 0 Å². The van der Waals surface area contributed by atoms with Crippen LogP contribution in [0.15, 0.2) is 51.9 Å². The van der Waals surface area contributed by atoms with Crippen LogP contribution in [0, 0.1) is 0 Å². The summed E-state index contributed by atoms with van der Waals surface area (Å²) in [4.78, 5) is 34.2. The predicted molar refractivity (Wildman–Crippen MR) is 80.8 cm³/mol. The molecule has 6 nitrogen and oxygen atoms in total. The van der Waals surface area contributed by atoms with Gasteiger partial charge in [0.2, 0.25) is 0 Å². The molecule has 0 amide bonds. The van der Waals surface area contributed by atoms with E-state index in [2.05, 4.69) is 15.0 Å². The van der Waals surface area contributed by atoms with Crippen LogP contribution in [0.5, 0.6) is 0 Å². The average Bonchev–Trinajstić information content (AvgIpc) is 2.99. The van der Waals surface area contributed by atoms with Gasteiger partial charge >= 0.3 is 0 Å². The summed E-state index contributed by atoms with van der Waals surface area (Å²) in [6, 6.07) is 8.61. The Hall–Kier alpha value is -3.28. The van der Waals surface area contributed by atoms with E-state index in [-0.39, 0.29) is 5.56 Å². The van der Waals surface area contributed by atoms with Gasteiger partial charge in [0.05, 0.1) is 22.7 Å². The largest absolute Gasteiger partial charge is 0.452 e. The fourth-order valence-electron chi connectivity index (χ4n) is 2.40. The number of benzene rings is 1. The van der Waals surface area contributed by atoms with Gasteiger partial charge in [-0.1, -0.05) is 12.1 Å². The molecule has 0 aliphatic heterocycles. The Balaban J connectivity index is 1.99. The van der Waals surface area contributed by atoms with Crippen molar-refractivity contribution in [2.24, 2.45) is 0 Å². The number of furan rings is 1. The molecule has 0 saturated carbocycles. The lowest BCUT2D eigenvalue weighted by Gasteiger charge is -1.99. The zero-order chi connectivity index (χ0) is 15.1. The molecule has 0 spiro atoms. The highest BCUT2D eigenvalue weighted by Crippen LogP contribution is 2.27. The molecule has 1 aromatic carbocycles. The van der Waals surface area contributed by atoms with Crippen LogP contribution in [0.25, 0.3) is 33.5 Å². The summed E-state index contributed by atoms with van der Waals surface area (Å²) in [5, 5.41) is 1.23. The van der Waals surface area contributed by atoms with Gasteiger partial charge in [0.25, 0.3) is 5.56 Å². The third-order valence-electron chi connectivity index (χ3n) is 3.44. The van der Waals surface area contributed by atoms with Gasteiger partial charge < -0.3 is 9.40 Å². The number of pyridine rings is 1. The van der Waals surface area contributed by atoms with Gasteiger partial charge in [-0.05, 0) is 18.2 Å². The quantitative estimate of drug-likeness (QED) is 0.573. The molecule has 0 fully saturated rings. The summed E-state index contributed by atoms with van der Waals surface area (Å²) >= 11 is 0. The molecule has 4 rings (SSSR count). The molecule has 0 atom stereocenters. The molecule has 4 aromatic rings. The maximum atomic E-state index is 12.1. The molecule has 0 aliphatic rings. The fourth-order valence-corrected chi connectivity index (χ4v) is 2.40. The summed E-state index contributed by atoms with van der Waals surface area (Å²) in [5.41, 5.74) is 1.14. The maximum absolute atomic E-state index is 12.1. The predicted octanol–water partition coefficient (Wildman–Crippen LogP) is 2.54. The minimum absolute atomic E-state index is 0.265. The number of para-hydroxylation sites is 1. The number of fused-ring (bicyclic) bond motifs is 2. The second-order valence-electron chi connectivity index (χ2n) is 4.80. The molecule has 0 bridgehead atoms. The lowest BCUT2D eigenvalue weighted by Crippen LogP contribution is -2.09. The number of hydrogen-bond donors (Lipinski definition) is 1. The number of aromatic amines is 1. The van der Waals surface area contributed by atoms with Crippen LogP contribution in [-0.2, 0) is 0 Å². The molecule has 6 heteroatoms. The third kappa shape index (κ3) is 1.81. The molecule has 0 unspecified atom stereocenters. The standard InChI is InChI=1S/C16H9N3O3/c20-8-10-3-1-2-9-6-13(22-14(9)10)15-18-12-7-17-5-4-11(12)16(21)19-15/h1-8H,(H,18,19,21). The van der Waals surface area contributed by atoms with Crippen molar-refractivity contribution in [3.63, 3.8) is 0 Å². The molecule has 1 N–H and O–H groups in total. The molecule has 0 saturated heterocycles. The van der Waals surface area contributed by atoms with E-state index in [0.717, 1.165) is 11.7 Å². The van der Waals surface area contributed by atoms with Crippen molar-refractivity contribution in [1.82, 2.24) is 15.0 Å². The van der Waals surface area contributed by atoms with Gasteiger partial charge in [-0.25, -0.2) is 4.98 Å². The van der Waals surface area contributed by atoms with E-state index < -0.39 is 0 Å². The van der Waals surface area contributed by atoms with Crippen LogP contribution in [-0.4, -0.2) is 21.2 Å². The number of H-pyrrole nitrogens is 1. The monoisotopic (exact) mass is 291 g/mol. The van der Waals surface area contributed by atoms with Gasteiger partial charge in [0.1, 0.15) is 5.58 Å². The van der Waals surface area contributed by atoms with E-state index >= 15 is 0 Å². The maximum Gasteiger partial charge on any atom is 0.259 e. The van der Waals surface area contributed by atoms with Crippen molar-refractivity contribution >= 4 is 28.2 Å². The highest BCUT2D eigenvalue weighted by Gasteiger charge is 2.12. The first-order chi connectivity index (χ1) is 10.8. The number of carbonyl (C=O) groups excluding carboxylic acids is 1. The van der Waals surface area contributed by atoms with E-state index in [1.807, 2.05) is 6.07 Å². The van der Waals surface area contributed by atoms with Gasteiger partial charge in [0.15, 0.2) is 17.9 Å². The summed E-state index contributed by atoms with van der Waals surface area (Å²) < 4.78 is 5.70. The van der Waals surface area contributed by atoms with Gasteiger partial charge in [0, 0.05) is 11.6 Å². The highest BCUT2D eigenvalue weighted by molar-refractivity contribution is 5.96. The normalized spacial score (nSPS) is 11.1. The first-order valence-corrected chi connectivity index (χ1v) is 6.58. The number of hydrogen-bond acceptors (Lipinski definition) is 5. The second kappa shape index (κ2) is 4.63. The minimum Gasteiger partial charge on any atom is -0.452 e. The topological polar surface area (TPSA) is 88.9 Å². The molecular weight excluding hydrogens is 282 g/mol. The number of carbonyl (C=O) groups is 1. The lowest BCUT2D eigenvalue weighted by atomic mass is 10.2. The SMILES string of the molecule is O=Cc1cccc2cc(-c3nc4cnccc4c(=O)[nH]3)oc12. The van der Waals surface area contributed by atoms with E-state index in [4.69, 9.17) is 4.42 Å². The second-order valence-corrected chi connectivity index (χ2v) is 4.80. The lowest BCUT2D eigenvalue weighted by molar-refractivity contribution is 0.112. The van der Waals surface area contributed by atoms with Crippen molar-refractivity contribution in [2.45, 2.75) is 0 Å². The molecule has 0 aliphatic carbocycles. The Kier molecular flexibility index (Phi) is 2.62. The Morgan fingerprint density at radius 3 is 3.00 bits per heavy atom. The third-order valence-corrected chi connectivity index (χ3v) is 3.44. The van der Waals surface area contributed by atoms with Crippen molar-refractivity contribution in [3.8, 4) is 11.6 Å².